The first-order valence-electron chi connectivity index (χ1n) is 11.7. The van der Waals surface area contributed by atoms with Crippen LogP contribution in [0.25, 0.3) is 10.8 Å². The standard InChI is InChI=1S/C28H26N2O7S/c1-5-20(18-10-7-6-8-11-18)27(32)37-23-21-13-12-19(38(33)28-29-14-9-15-30-28)16-22(21)24(36-17(2)31)26(35-4)25(23)34-3/h6-16,20H,5H2,1-4H3. The zero-order valence-corrected chi connectivity index (χ0v) is 22.1. The normalized spacial score (nSPS) is 12.4. The fraction of sp³-hybridized carbons (Fsp3) is 0.214. The highest BCUT2D eigenvalue weighted by Crippen LogP contribution is 2.52. The van der Waals surface area contributed by atoms with E-state index in [4.69, 9.17) is 18.9 Å². The second-order valence-corrected chi connectivity index (χ2v) is 9.49. The summed E-state index contributed by atoms with van der Waals surface area (Å²) in [6, 6.07) is 15.7. The molecular weight excluding hydrogens is 508 g/mol. The summed E-state index contributed by atoms with van der Waals surface area (Å²) in [5.41, 5.74) is 0.812. The molecule has 196 valence electrons. The van der Waals surface area contributed by atoms with Gasteiger partial charge in [-0.1, -0.05) is 37.3 Å². The zero-order valence-electron chi connectivity index (χ0n) is 21.3. The zero-order chi connectivity index (χ0) is 27.2. The Hall–Kier alpha value is -4.31. The van der Waals surface area contributed by atoms with Gasteiger partial charge in [0.2, 0.25) is 16.7 Å². The van der Waals surface area contributed by atoms with Gasteiger partial charge in [-0.15, -0.1) is 0 Å². The lowest BCUT2D eigenvalue weighted by molar-refractivity contribution is -0.136. The number of methoxy groups -OCH3 is 2. The number of benzene rings is 3. The minimum absolute atomic E-state index is 0.0366. The van der Waals surface area contributed by atoms with Crippen LogP contribution < -0.4 is 18.9 Å². The van der Waals surface area contributed by atoms with Crippen molar-refractivity contribution in [3.05, 3.63) is 72.6 Å². The van der Waals surface area contributed by atoms with Gasteiger partial charge in [0.25, 0.3) is 0 Å². The summed E-state index contributed by atoms with van der Waals surface area (Å²) in [6.07, 6.45) is 3.49. The fourth-order valence-electron chi connectivity index (χ4n) is 4.07. The maximum atomic E-state index is 13.4. The molecule has 0 fully saturated rings. The van der Waals surface area contributed by atoms with E-state index in [1.165, 1.54) is 33.5 Å². The van der Waals surface area contributed by atoms with Crippen LogP contribution in [0, 0.1) is 0 Å². The van der Waals surface area contributed by atoms with Crippen molar-refractivity contribution in [3.63, 3.8) is 0 Å². The molecule has 4 rings (SSSR count). The quantitative estimate of drug-likeness (QED) is 0.169. The van der Waals surface area contributed by atoms with E-state index in [2.05, 4.69) is 9.97 Å². The molecule has 0 amide bonds. The molecule has 2 unspecified atom stereocenters. The predicted molar refractivity (Wildman–Crippen MR) is 140 cm³/mol. The molecule has 0 saturated carbocycles. The number of rotatable bonds is 9. The number of hydrogen-bond donors (Lipinski definition) is 0. The van der Waals surface area contributed by atoms with Crippen LogP contribution in [-0.4, -0.2) is 40.3 Å². The van der Waals surface area contributed by atoms with Gasteiger partial charge >= 0.3 is 11.9 Å². The van der Waals surface area contributed by atoms with E-state index in [-0.39, 0.29) is 28.2 Å². The number of esters is 2. The van der Waals surface area contributed by atoms with Crippen molar-refractivity contribution in [2.75, 3.05) is 14.2 Å². The Kier molecular flexibility index (Phi) is 8.32. The Morgan fingerprint density at radius 3 is 2.05 bits per heavy atom. The summed E-state index contributed by atoms with van der Waals surface area (Å²) in [4.78, 5) is 33.9. The Balaban J connectivity index is 1.91. The van der Waals surface area contributed by atoms with Crippen molar-refractivity contribution in [1.29, 1.82) is 0 Å². The number of ether oxygens (including phenoxy) is 4. The van der Waals surface area contributed by atoms with Crippen LogP contribution in [0.3, 0.4) is 0 Å². The first kappa shape index (κ1) is 26.7. The number of nitrogens with zero attached hydrogens (tertiary/aromatic N) is 2. The predicted octanol–water partition coefficient (Wildman–Crippen LogP) is 4.84. The van der Waals surface area contributed by atoms with E-state index in [0.29, 0.717) is 22.1 Å². The topological polar surface area (TPSA) is 114 Å². The highest BCUT2D eigenvalue weighted by molar-refractivity contribution is 7.85. The van der Waals surface area contributed by atoms with Crippen LogP contribution in [0.15, 0.2) is 77.0 Å². The van der Waals surface area contributed by atoms with E-state index in [9.17, 15) is 13.8 Å². The number of carbonyl (C=O) groups excluding carboxylic acids is 2. The van der Waals surface area contributed by atoms with Crippen molar-refractivity contribution in [2.45, 2.75) is 36.2 Å². The van der Waals surface area contributed by atoms with E-state index < -0.39 is 28.7 Å². The smallest absolute Gasteiger partial charge is 0.318 e. The van der Waals surface area contributed by atoms with Crippen LogP contribution in [-0.2, 0) is 20.4 Å². The molecule has 1 heterocycles. The largest absolute Gasteiger partial charge is 0.490 e. The molecule has 0 radical (unpaired) electrons. The van der Waals surface area contributed by atoms with Crippen molar-refractivity contribution < 1.29 is 32.7 Å². The van der Waals surface area contributed by atoms with Crippen LogP contribution in [0.5, 0.6) is 23.0 Å². The monoisotopic (exact) mass is 534 g/mol. The van der Waals surface area contributed by atoms with E-state index in [1.54, 1.807) is 24.3 Å². The molecule has 10 heteroatoms. The molecule has 0 bridgehead atoms. The average molecular weight is 535 g/mol. The molecule has 0 aliphatic carbocycles. The number of aromatic nitrogens is 2. The molecule has 3 aromatic carbocycles. The molecule has 2 atom stereocenters. The van der Waals surface area contributed by atoms with Crippen LogP contribution in [0.2, 0.25) is 0 Å². The minimum Gasteiger partial charge on any atom is -0.490 e. The fourth-order valence-corrected chi connectivity index (χ4v) is 5.02. The number of fused-ring (bicyclic) bond motifs is 1. The van der Waals surface area contributed by atoms with E-state index in [1.807, 2.05) is 37.3 Å². The summed E-state index contributed by atoms with van der Waals surface area (Å²) in [6.45, 7) is 3.14. The van der Waals surface area contributed by atoms with Gasteiger partial charge in [0.15, 0.2) is 11.5 Å². The van der Waals surface area contributed by atoms with Gasteiger partial charge < -0.3 is 18.9 Å². The van der Waals surface area contributed by atoms with Gasteiger partial charge in [0.05, 0.1) is 20.1 Å². The summed E-state index contributed by atoms with van der Waals surface area (Å²) in [7, 11) is 1.03. The lowest BCUT2D eigenvalue weighted by atomic mass is 9.97. The van der Waals surface area contributed by atoms with Gasteiger partial charge in [-0.3, -0.25) is 9.59 Å². The van der Waals surface area contributed by atoms with Crippen molar-refractivity contribution in [3.8, 4) is 23.0 Å². The molecule has 4 aromatic rings. The molecule has 38 heavy (non-hydrogen) atoms. The third-order valence-corrected chi connectivity index (χ3v) is 7.00. The van der Waals surface area contributed by atoms with E-state index >= 15 is 0 Å². The lowest BCUT2D eigenvalue weighted by Crippen LogP contribution is -2.19. The highest BCUT2D eigenvalue weighted by atomic mass is 32.2. The first-order chi connectivity index (χ1) is 18.4. The van der Waals surface area contributed by atoms with Crippen molar-refractivity contribution in [2.24, 2.45) is 0 Å². The summed E-state index contributed by atoms with van der Waals surface area (Å²) >= 11 is 0. The number of hydrogen-bond acceptors (Lipinski definition) is 9. The van der Waals surface area contributed by atoms with Crippen molar-refractivity contribution in [1.82, 2.24) is 9.97 Å². The Bertz CT molecular complexity index is 1490. The average Bonchev–Trinajstić information content (AvgIpc) is 2.94. The minimum atomic E-state index is -1.73. The molecule has 0 aliphatic rings. The van der Waals surface area contributed by atoms with Gasteiger partial charge in [-0.05, 0) is 36.2 Å². The van der Waals surface area contributed by atoms with E-state index in [0.717, 1.165) is 5.56 Å². The van der Waals surface area contributed by atoms with Crippen LogP contribution in [0.1, 0.15) is 31.7 Å². The highest BCUT2D eigenvalue weighted by Gasteiger charge is 2.29. The van der Waals surface area contributed by atoms with Crippen molar-refractivity contribution >= 4 is 33.5 Å². The Morgan fingerprint density at radius 2 is 1.47 bits per heavy atom. The first-order valence-corrected chi connectivity index (χ1v) is 12.9. The summed E-state index contributed by atoms with van der Waals surface area (Å²) < 4.78 is 35.8. The van der Waals surface area contributed by atoms with Gasteiger partial charge in [-0.2, -0.15) is 0 Å². The lowest BCUT2D eigenvalue weighted by Gasteiger charge is -2.21. The maximum absolute atomic E-state index is 13.4. The van der Waals surface area contributed by atoms with Gasteiger partial charge in [0.1, 0.15) is 10.8 Å². The van der Waals surface area contributed by atoms with Gasteiger partial charge in [-0.25, -0.2) is 14.2 Å². The molecule has 1 aromatic heterocycles. The summed E-state index contributed by atoms with van der Waals surface area (Å²) in [5.74, 6) is -1.39. The second kappa shape index (κ2) is 11.8. The van der Waals surface area contributed by atoms with Crippen LogP contribution >= 0.6 is 0 Å². The molecular formula is C28H26N2O7S. The number of carbonyl (C=O) groups is 2. The molecule has 9 nitrogen and oxygen atoms in total. The Morgan fingerprint density at radius 1 is 0.842 bits per heavy atom. The Labute approximate surface area is 222 Å². The second-order valence-electron chi connectivity index (χ2n) is 8.12. The van der Waals surface area contributed by atoms with Gasteiger partial charge in [0, 0.05) is 35.0 Å². The molecule has 0 aliphatic heterocycles. The SMILES string of the molecule is CCC(C(=O)Oc1c(OC)c(OC)c(OC(C)=O)c2cc(S(=O)c3ncccn3)ccc12)c1ccccc1. The molecule has 0 saturated heterocycles. The maximum Gasteiger partial charge on any atom is 0.318 e. The third-order valence-electron chi connectivity index (χ3n) is 5.77. The summed E-state index contributed by atoms with van der Waals surface area (Å²) in [5, 5.41) is 0.835. The molecule has 0 spiro atoms. The third kappa shape index (κ3) is 5.35. The molecule has 0 N–H and O–H groups in total. The van der Waals surface area contributed by atoms with Crippen LogP contribution in [0.4, 0.5) is 0 Å².